The third-order valence-electron chi connectivity index (χ3n) is 6.24. The Hall–Kier alpha value is -4.13. The predicted molar refractivity (Wildman–Crippen MR) is 134 cm³/mol. The van der Waals surface area contributed by atoms with Crippen LogP contribution < -0.4 is 15.0 Å². The van der Waals surface area contributed by atoms with E-state index in [0.717, 1.165) is 57.0 Å². The molecule has 0 bridgehead atoms. The van der Waals surface area contributed by atoms with E-state index in [0.29, 0.717) is 25.2 Å². The first-order valence-corrected chi connectivity index (χ1v) is 11.5. The summed E-state index contributed by atoms with van der Waals surface area (Å²) in [4.78, 5) is 14.4. The maximum absolute atomic E-state index is 14.3. The second kappa shape index (κ2) is 8.33. The van der Waals surface area contributed by atoms with Crippen molar-refractivity contribution >= 4 is 33.6 Å². The number of H-pyrrole nitrogens is 1. The smallest absolute Gasteiger partial charge is 0.201 e. The van der Waals surface area contributed by atoms with Crippen LogP contribution in [0.2, 0.25) is 0 Å². The maximum atomic E-state index is 14.3. The molecule has 6 rings (SSSR count). The molecule has 0 amide bonds. The number of benzene rings is 3. The molecule has 0 saturated carbocycles. The van der Waals surface area contributed by atoms with Crippen LogP contribution in [0.5, 0.6) is 5.75 Å². The molecule has 0 radical (unpaired) electrons. The number of anilines is 2. The Morgan fingerprint density at radius 1 is 1.09 bits per heavy atom. The van der Waals surface area contributed by atoms with Crippen LogP contribution in [-0.4, -0.2) is 34.6 Å². The molecule has 0 aliphatic carbocycles. The van der Waals surface area contributed by atoms with Gasteiger partial charge < -0.3 is 19.9 Å². The van der Waals surface area contributed by atoms with Crippen LogP contribution in [0, 0.1) is 5.82 Å². The van der Waals surface area contributed by atoms with Crippen LogP contribution in [0.4, 0.5) is 16.0 Å². The molecule has 0 saturated heterocycles. The molecule has 0 spiro atoms. The lowest BCUT2D eigenvalue weighted by atomic mass is 10.0. The third kappa shape index (κ3) is 3.59. The first kappa shape index (κ1) is 20.5. The van der Waals surface area contributed by atoms with Crippen molar-refractivity contribution in [2.45, 2.75) is 13.5 Å². The number of hydrogen-bond acceptors (Lipinski definition) is 5. The van der Waals surface area contributed by atoms with E-state index in [9.17, 15) is 4.39 Å². The van der Waals surface area contributed by atoms with Gasteiger partial charge in [-0.25, -0.2) is 9.37 Å². The number of nitrogens with one attached hydrogen (secondary N) is 2. The number of imidazole rings is 1. The number of hydrogen-bond donors (Lipinski definition) is 2. The SMILES string of the molecule is CCNc1nc2ccc(-c3ccc4c(c3)CN(c3ccnc5c(F)cccc35)CCO4)cc2[nH]1. The molecule has 2 aromatic heterocycles. The zero-order chi connectivity index (χ0) is 23.1. The summed E-state index contributed by atoms with van der Waals surface area (Å²) >= 11 is 0. The van der Waals surface area contributed by atoms with Crippen molar-refractivity contribution in [3.63, 3.8) is 0 Å². The van der Waals surface area contributed by atoms with Gasteiger partial charge in [0.05, 0.1) is 17.6 Å². The Balaban J connectivity index is 1.37. The summed E-state index contributed by atoms with van der Waals surface area (Å²) in [5.41, 5.74) is 6.58. The molecule has 1 aliphatic rings. The van der Waals surface area contributed by atoms with Crippen molar-refractivity contribution in [3.05, 3.63) is 78.2 Å². The third-order valence-corrected chi connectivity index (χ3v) is 6.24. The molecule has 7 heteroatoms. The summed E-state index contributed by atoms with van der Waals surface area (Å²) < 4.78 is 20.4. The molecular formula is C27H24FN5O. The fourth-order valence-corrected chi connectivity index (χ4v) is 4.62. The summed E-state index contributed by atoms with van der Waals surface area (Å²) in [7, 11) is 0. The fraction of sp³-hybridized carbons (Fsp3) is 0.185. The first-order valence-electron chi connectivity index (χ1n) is 11.5. The quantitative estimate of drug-likeness (QED) is 0.363. The molecule has 0 atom stereocenters. The van der Waals surface area contributed by atoms with Crippen molar-refractivity contribution in [2.24, 2.45) is 0 Å². The van der Waals surface area contributed by atoms with E-state index in [1.807, 2.05) is 31.2 Å². The van der Waals surface area contributed by atoms with E-state index in [-0.39, 0.29) is 5.82 Å². The number of para-hydroxylation sites is 1. The van der Waals surface area contributed by atoms with Crippen LogP contribution in [0.1, 0.15) is 12.5 Å². The number of nitrogens with zero attached hydrogens (tertiary/aromatic N) is 3. The largest absolute Gasteiger partial charge is 0.491 e. The first-order chi connectivity index (χ1) is 16.7. The van der Waals surface area contributed by atoms with Gasteiger partial charge in [-0.15, -0.1) is 0 Å². The number of halogens is 1. The van der Waals surface area contributed by atoms with Crippen molar-refractivity contribution < 1.29 is 9.13 Å². The van der Waals surface area contributed by atoms with E-state index in [4.69, 9.17) is 4.74 Å². The Kier molecular flexibility index (Phi) is 5.02. The van der Waals surface area contributed by atoms with E-state index < -0.39 is 0 Å². The summed E-state index contributed by atoms with van der Waals surface area (Å²) in [5, 5.41) is 4.03. The van der Waals surface area contributed by atoms with Gasteiger partial charge in [0.2, 0.25) is 5.95 Å². The van der Waals surface area contributed by atoms with Gasteiger partial charge in [-0.1, -0.05) is 24.3 Å². The van der Waals surface area contributed by atoms with Crippen molar-refractivity contribution in [2.75, 3.05) is 29.9 Å². The Bertz CT molecular complexity index is 1510. The van der Waals surface area contributed by atoms with Gasteiger partial charge in [-0.2, -0.15) is 0 Å². The second-order valence-corrected chi connectivity index (χ2v) is 8.41. The summed E-state index contributed by atoms with van der Waals surface area (Å²) in [5.74, 6) is 1.36. The molecule has 2 N–H and O–H groups in total. The number of pyridine rings is 1. The molecule has 0 fully saturated rings. The van der Waals surface area contributed by atoms with Gasteiger partial charge in [0.1, 0.15) is 23.7 Å². The van der Waals surface area contributed by atoms with Gasteiger partial charge in [0, 0.05) is 35.9 Å². The zero-order valence-electron chi connectivity index (χ0n) is 18.8. The highest BCUT2D eigenvalue weighted by molar-refractivity contribution is 5.92. The number of fused-ring (bicyclic) bond motifs is 3. The van der Waals surface area contributed by atoms with Gasteiger partial charge in [-0.3, -0.25) is 4.98 Å². The second-order valence-electron chi connectivity index (χ2n) is 8.41. The van der Waals surface area contributed by atoms with Gasteiger partial charge in [0.15, 0.2) is 0 Å². The lowest BCUT2D eigenvalue weighted by Gasteiger charge is -2.23. The highest BCUT2D eigenvalue weighted by Gasteiger charge is 2.19. The molecule has 3 aromatic carbocycles. The van der Waals surface area contributed by atoms with Crippen molar-refractivity contribution in [3.8, 4) is 16.9 Å². The molecule has 0 unspecified atom stereocenters. The molecule has 170 valence electrons. The Morgan fingerprint density at radius 2 is 1.97 bits per heavy atom. The van der Waals surface area contributed by atoms with Crippen molar-refractivity contribution in [1.29, 1.82) is 0 Å². The van der Waals surface area contributed by atoms with Crippen LogP contribution in [0.3, 0.4) is 0 Å². The van der Waals surface area contributed by atoms with E-state index in [2.05, 4.69) is 49.4 Å². The molecule has 3 heterocycles. The van der Waals surface area contributed by atoms with Gasteiger partial charge in [0.25, 0.3) is 0 Å². The number of aromatic nitrogens is 3. The number of rotatable bonds is 4. The van der Waals surface area contributed by atoms with Crippen LogP contribution in [-0.2, 0) is 6.54 Å². The molecule has 6 nitrogen and oxygen atoms in total. The molecule has 5 aromatic rings. The van der Waals surface area contributed by atoms with E-state index in [1.165, 1.54) is 6.07 Å². The summed E-state index contributed by atoms with van der Waals surface area (Å²) in [6.45, 7) is 4.78. The van der Waals surface area contributed by atoms with Gasteiger partial charge >= 0.3 is 0 Å². The minimum Gasteiger partial charge on any atom is -0.491 e. The Morgan fingerprint density at radius 3 is 2.88 bits per heavy atom. The summed E-state index contributed by atoms with van der Waals surface area (Å²) in [6.07, 6.45) is 1.67. The standard InChI is InChI=1S/C27H24FN5O/c1-2-29-27-31-22-8-6-18(15-23(22)32-27)17-7-9-25-19(14-17)16-33(12-13-34-25)24-10-11-30-26-20(24)4-3-5-21(26)28/h3-11,14-15H,2,12-13,16H2,1H3,(H2,29,31,32). The topological polar surface area (TPSA) is 66.1 Å². The Labute approximate surface area is 196 Å². The average molecular weight is 454 g/mol. The minimum atomic E-state index is -0.306. The van der Waals surface area contributed by atoms with Crippen LogP contribution >= 0.6 is 0 Å². The highest BCUT2D eigenvalue weighted by atomic mass is 19.1. The highest BCUT2D eigenvalue weighted by Crippen LogP contribution is 2.34. The maximum Gasteiger partial charge on any atom is 0.201 e. The van der Waals surface area contributed by atoms with Crippen LogP contribution in [0.25, 0.3) is 33.1 Å². The average Bonchev–Trinajstić information content (AvgIpc) is 3.13. The molecule has 1 aliphatic heterocycles. The van der Waals surface area contributed by atoms with E-state index in [1.54, 1.807) is 12.3 Å². The zero-order valence-corrected chi connectivity index (χ0v) is 18.8. The van der Waals surface area contributed by atoms with Crippen molar-refractivity contribution in [1.82, 2.24) is 15.0 Å². The lowest BCUT2D eigenvalue weighted by molar-refractivity contribution is 0.332. The predicted octanol–water partition coefficient (Wildman–Crippen LogP) is 5.75. The van der Waals surface area contributed by atoms with Crippen LogP contribution in [0.15, 0.2) is 66.9 Å². The van der Waals surface area contributed by atoms with E-state index >= 15 is 0 Å². The fourth-order valence-electron chi connectivity index (χ4n) is 4.62. The monoisotopic (exact) mass is 453 g/mol. The summed E-state index contributed by atoms with van der Waals surface area (Å²) in [6, 6.07) is 19.6. The van der Waals surface area contributed by atoms with Gasteiger partial charge in [-0.05, 0) is 54.4 Å². The lowest BCUT2D eigenvalue weighted by Crippen LogP contribution is -2.25. The molecular weight excluding hydrogens is 429 g/mol. The number of ether oxygens (including phenoxy) is 1. The normalized spacial score (nSPS) is 13.5. The minimum absolute atomic E-state index is 0.306. The number of aromatic amines is 1. The molecule has 34 heavy (non-hydrogen) atoms.